The fourth-order valence-corrected chi connectivity index (χ4v) is 6.30. The van der Waals surface area contributed by atoms with Crippen molar-refractivity contribution in [1.82, 2.24) is 24.3 Å². The molecule has 2 aliphatic heterocycles. The second-order valence-corrected chi connectivity index (χ2v) is 11.2. The Labute approximate surface area is 251 Å². The van der Waals surface area contributed by atoms with E-state index in [4.69, 9.17) is 4.98 Å². The van der Waals surface area contributed by atoms with E-state index in [0.29, 0.717) is 30.8 Å². The van der Waals surface area contributed by atoms with Crippen molar-refractivity contribution in [3.8, 4) is 11.3 Å². The average molecular weight is 578 g/mol. The molecule has 2 atom stereocenters. The summed E-state index contributed by atoms with van der Waals surface area (Å²) >= 11 is 0. The molecule has 1 N–H and O–H groups in total. The van der Waals surface area contributed by atoms with Gasteiger partial charge in [-0.25, -0.2) is 9.78 Å². The number of benzene rings is 3. The molecule has 3 heterocycles. The predicted molar refractivity (Wildman–Crippen MR) is 163 cm³/mol. The number of carboxylic acid groups (broad SMARTS) is 1. The van der Waals surface area contributed by atoms with Crippen LogP contribution in [-0.2, 0) is 6.42 Å². The summed E-state index contributed by atoms with van der Waals surface area (Å²) in [6, 6.07) is 28.6. The number of carbonyl (C=O) groups excluding carboxylic acids is 2. The van der Waals surface area contributed by atoms with E-state index in [0.717, 1.165) is 29.7 Å². The Balaban J connectivity index is 1.32. The molecule has 9 heteroatoms. The van der Waals surface area contributed by atoms with Crippen molar-refractivity contribution in [3.63, 3.8) is 0 Å². The maximum Gasteiger partial charge on any atom is 0.407 e. The van der Waals surface area contributed by atoms with Gasteiger partial charge in [0.15, 0.2) is 5.69 Å². The van der Waals surface area contributed by atoms with Crippen LogP contribution in [0, 0.1) is 0 Å². The van der Waals surface area contributed by atoms with Crippen LogP contribution in [0.4, 0.5) is 4.79 Å². The van der Waals surface area contributed by atoms with E-state index in [1.54, 1.807) is 11.2 Å². The SMILES string of the molecule is O=C(O)N1CCN(C(=O)c2ncn(C3CCCN(C(=O)c4ccccc4)C3)c2-c2ccccc2)[C@H](Cc2ccccc2)C1. The largest absolute Gasteiger partial charge is 0.465 e. The van der Waals surface area contributed by atoms with Crippen LogP contribution in [0.3, 0.4) is 0 Å². The molecule has 1 unspecified atom stereocenters. The van der Waals surface area contributed by atoms with E-state index in [9.17, 15) is 19.5 Å². The third-order valence-electron chi connectivity index (χ3n) is 8.47. The molecule has 9 nitrogen and oxygen atoms in total. The second kappa shape index (κ2) is 12.5. The molecule has 3 amide bonds. The fraction of sp³-hybridized carbons (Fsp3) is 0.294. The number of hydrogen-bond acceptors (Lipinski definition) is 4. The number of amides is 3. The van der Waals surface area contributed by atoms with Gasteiger partial charge in [-0.05, 0) is 37.0 Å². The number of hydrogen-bond donors (Lipinski definition) is 1. The Morgan fingerprint density at radius 3 is 2.14 bits per heavy atom. The molecular formula is C34H35N5O4. The van der Waals surface area contributed by atoms with E-state index in [1.165, 1.54) is 4.90 Å². The molecule has 0 bridgehead atoms. The van der Waals surface area contributed by atoms with Gasteiger partial charge in [0.1, 0.15) is 0 Å². The van der Waals surface area contributed by atoms with Crippen LogP contribution < -0.4 is 0 Å². The molecule has 0 radical (unpaired) electrons. The van der Waals surface area contributed by atoms with E-state index in [1.807, 2.05) is 95.9 Å². The Morgan fingerprint density at radius 2 is 1.44 bits per heavy atom. The lowest BCUT2D eigenvalue weighted by molar-refractivity contribution is 0.0446. The lowest BCUT2D eigenvalue weighted by atomic mass is 10.00. The summed E-state index contributed by atoms with van der Waals surface area (Å²) < 4.78 is 2.06. The van der Waals surface area contributed by atoms with Crippen LogP contribution in [0.5, 0.6) is 0 Å². The van der Waals surface area contributed by atoms with Gasteiger partial charge in [0.25, 0.3) is 11.8 Å². The summed E-state index contributed by atoms with van der Waals surface area (Å²) in [4.78, 5) is 49.3. The Kier molecular flexibility index (Phi) is 8.22. The van der Waals surface area contributed by atoms with Crippen molar-refractivity contribution >= 4 is 17.9 Å². The zero-order valence-corrected chi connectivity index (χ0v) is 24.0. The van der Waals surface area contributed by atoms with Gasteiger partial charge >= 0.3 is 6.09 Å². The van der Waals surface area contributed by atoms with E-state index >= 15 is 0 Å². The van der Waals surface area contributed by atoms with Gasteiger partial charge in [-0.15, -0.1) is 0 Å². The highest BCUT2D eigenvalue weighted by molar-refractivity contribution is 5.99. The number of imidazole rings is 1. The first-order valence-corrected chi connectivity index (χ1v) is 14.8. The molecule has 2 aliphatic rings. The first-order valence-electron chi connectivity index (χ1n) is 14.8. The Hall–Kier alpha value is -4.92. The van der Waals surface area contributed by atoms with E-state index in [2.05, 4.69) is 4.57 Å². The minimum Gasteiger partial charge on any atom is -0.465 e. The number of likely N-dealkylation sites (tertiary alicyclic amines) is 1. The third kappa shape index (κ3) is 6.02. The van der Waals surface area contributed by atoms with E-state index < -0.39 is 6.09 Å². The van der Waals surface area contributed by atoms with Crippen molar-refractivity contribution in [2.45, 2.75) is 31.3 Å². The smallest absolute Gasteiger partial charge is 0.407 e. The molecule has 0 saturated carbocycles. The van der Waals surface area contributed by atoms with Crippen LogP contribution in [0.1, 0.15) is 45.3 Å². The number of carbonyl (C=O) groups is 3. The standard InChI is InChI=1S/C34H35N5O4/c40-32(27-15-8-3-9-16-27)36-18-10-17-28(22-36)39-24-35-30(31(39)26-13-6-2-7-14-26)33(41)38-20-19-37(34(42)43)23-29(38)21-25-11-4-1-5-12-25/h1-9,11-16,24,28-29H,10,17-23H2,(H,42,43)/t28?,29-/m1/s1. The Bertz CT molecular complexity index is 1570. The molecule has 2 saturated heterocycles. The summed E-state index contributed by atoms with van der Waals surface area (Å²) in [6.45, 7) is 1.96. The molecule has 6 rings (SSSR count). The van der Waals surface area contributed by atoms with Gasteiger partial charge in [0.05, 0.1) is 24.1 Å². The van der Waals surface area contributed by atoms with Crippen LogP contribution >= 0.6 is 0 Å². The predicted octanol–water partition coefficient (Wildman–Crippen LogP) is 5.07. The van der Waals surface area contributed by atoms with Gasteiger partial charge in [-0.2, -0.15) is 0 Å². The number of rotatable bonds is 6. The van der Waals surface area contributed by atoms with Gasteiger partial charge in [0, 0.05) is 43.9 Å². The molecule has 4 aromatic rings. The zero-order chi connectivity index (χ0) is 29.8. The zero-order valence-electron chi connectivity index (χ0n) is 24.0. The average Bonchev–Trinajstić information content (AvgIpc) is 3.51. The van der Waals surface area contributed by atoms with E-state index in [-0.39, 0.29) is 43.5 Å². The maximum absolute atomic E-state index is 14.3. The van der Waals surface area contributed by atoms with Crippen LogP contribution in [0.15, 0.2) is 97.3 Å². The molecule has 43 heavy (non-hydrogen) atoms. The summed E-state index contributed by atoms with van der Waals surface area (Å²) in [5.41, 5.74) is 3.65. The van der Waals surface area contributed by atoms with Crippen molar-refractivity contribution in [3.05, 3.63) is 114 Å². The highest BCUT2D eigenvalue weighted by Gasteiger charge is 2.36. The van der Waals surface area contributed by atoms with Crippen molar-refractivity contribution in [2.24, 2.45) is 0 Å². The summed E-state index contributed by atoms with van der Waals surface area (Å²) in [6.07, 6.45) is 2.99. The maximum atomic E-state index is 14.3. The molecule has 220 valence electrons. The fourth-order valence-electron chi connectivity index (χ4n) is 6.30. The summed E-state index contributed by atoms with van der Waals surface area (Å²) in [5, 5.41) is 9.72. The first-order chi connectivity index (χ1) is 21.0. The Morgan fingerprint density at radius 1 is 0.767 bits per heavy atom. The number of aromatic nitrogens is 2. The van der Waals surface area contributed by atoms with Crippen LogP contribution in [-0.4, -0.2) is 86.0 Å². The highest BCUT2D eigenvalue weighted by atomic mass is 16.4. The lowest BCUT2D eigenvalue weighted by Gasteiger charge is -2.40. The van der Waals surface area contributed by atoms with Crippen molar-refractivity contribution in [1.29, 1.82) is 0 Å². The normalized spacial score (nSPS) is 18.8. The van der Waals surface area contributed by atoms with Gasteiger partial charge < -0.3 is 24.4 Å². The minimum atomic E-state index is -0.980. The van der Waals surface area contributed by atoms with Gasteiger partial charge in [-0.3, -0.25) is 9.59 Å². The topological polar surface area (TPSA) is 99.0 Å². The van der Waals surface area contributed by atoms with Crippen LogP contribution in [0.25, 0.3) is 11.3 Å². The lowest BCUT2D eigenvalue weighted by Crippen LogP contribution is -2.57. The van der Waals surface area contributed by atoms with Crippen LogP contribution in [0.2, 0.25) is 0 Å². The van der Waals surface area contributed by atoms with Crippen molar-refractivity contribution in [2.75, 3.05) is 32.7 Å². The molecule has 3 aromatic carbocycles. The third-order valence-corrected chi connectivity index (χ3v) is 8.47. The number of piperidine rings is 1. The molecular weight excluding hydrogens is 542 g/mol. The summed E-state index contributed by atoms with van der Waals surface area (Å²) in [5.74, 6) is -0.209. The molecule has 0 aliphatic carbocycles. The minimum absolute atomic E-state index is 0.00281. The first kappa shape index (κ1) is 28.2. The summed E-state index contributed by atoms with van der Waals surface area (Å²) in [7, 11) is 0. The molecule has 1 aromatic heterocycles. The monoisotopic (exact) mass is 577 g/mol. The number of nitrogens with zero attached hydrogens (tertiary/aromatic N) is 5. The van der Waals surface area contributed by atoms with Gasteiger partial charge in [0.2, 0.25) is 0 Å². The quantitative estimate of drug-likeness (QED) is 0.345. The highest BCUT2D eigenvalue weighted by Crippen LogP contribution is 2.32. The van der Waals surface area contributed by atoms with Crippen molar-refractivity contribution < 1.29 is 19.5 Å². The second-order valence-electron chi connectivity index (χ2n) is 11.2. The number of piperazine rings is 1. The molecule has 0 spiro atoms. The van der Waals surface area contributed by atoms with Gasteiger partial charge in [-0.1, -0.05) is 78.9 Å². The molecule has 2 fully saturated rings.